The lowest BCUT2D eigenvalue weighted by atomic mass is 10.1. The number of hydrazine groups is 1. The number of anilines is 1. The van der Waals surface area contributed by atoms with Crippen molar-refractivity contribution in [2.75, 3.05) is 37.6 Å². The lowest BCUT2D eigenvalue weighted by Gasteiger charge is -2.36. The molecule has 1 fully saturated rings. The molecular formula is C23H27ClN4O3. The first-order valence-corrected chi connectivity index (χ1v) is 10.8. The monoisotopic (exact) mass is 442 g/mol. The fraction of sp³-hybridized carbons (Fsp3) is 0.348. The second-order valence-electron chi connectivity index (χ2n) is 7.44. The zero-order valence-corrected chi connectivity index (χ0v) is 18.1. The lowest BCUT2D eigenvalue weighted by molar-refractivity contribution is -0.129. The zero-order chi connectivity index (χ0) is 22.1. The normalized spacial score (nSPS) is 14.2. The summed E-state index contributed by atoms with van der Waals surface area (Å²) in [6.07, 6.45) is 0.369. The maximum atomic E-state index is 12.1. The molecule has 2 amide bonds. The molecule has 0 bridgehead atoms. The number of amides is 2. The van der Waals surface area contributed by atoms with Gasteiger partial charge in [0.2, 0.25) is 11.8 Å². The van der Waals surface area contributed by atoms with Crippen LogP contribution < -0.4 is 15.8 Å². The van der Waals surface area contributed by atoms with E-state index in [4.69, 9.17) is 11.6 Å². The van der Waals surface area contributed by atoms with Gasteiger partial charge in [0.25, 0.3) is 0 Å². The summed E-state index contributed by atoms with van der Waals surface area (Å²) in [5, 5.41) is 0.551. The molecule has 3 rings (SSSR count). The van der Waals surface area contributed by atoms with Crippen LogP contribution in [0.15, 0.2) is 54.6 Å². The fourth-order valence-corrected chi connectivity index (χ4v) is 3.53. The summed E-state index contributed by atoms with van der Waals surface area (Å²) in [6.45, 7) is 4.26. The van der Waals surface area contributed by atoms with Crippen molar-refractivity contribution < 1.29 is 14.4 Å². The van der Waals surface area contributed by atoms with Crippen molar-refractivity contribution in [2.24, 2.45) is 0 Å². The number of carbonyl (C=O) groups is 3. The van der Waals surface area contributed by atoms with Gasteiger partial charge in [-0.1, -0.05) is 29.8 Å². The quantitative estimate of drug-likeness (QED) is 0.485. The number of ketones is 1. The maximum absolute atomic E-state index is 12.1. The van der Waals surface area contributed by atoms with E-state index in [1.807, 2.05) is 18.2 Å². The third-order valence-electron chi connectivity index (χ3n) is 5.24. The smallest absolute Gasteiger partial charge is 0.239 e. The van der Waals surface area contributed by atoms with Gasteiger partial charge in [-0.05, 0) is 36.4 Å². The van der Waals surface area contributed by atoms with Crippen molar-refractivity contribution >= 4 is 34.9 Å². The van der Waals surface area contributed by atoms with E-state index in [9.17, 15) is 14.4 Å². The summed E-state index contributed by atoms with van der Waals surface area (Å²) >= 11 is 5.80. The van der Waals surface area contributed by atoms with Gasteiger partial charge in [-0.2, -0.15) is 0 Å². The van der Waals surface area contributed by atoms with E-state index < -0.39 is 5.91 Å². The lowest BCUT2D eigenvalue weighted by Crippen LogP contribution is -2.48. The van der Waals surface area contributed by atoms with Gasteiger partial charge in [-0.3, -0.25) is 30.1 Å². The van der Waals surface area contributed by atoms with Crippen LogP contribution in [0, 0.1) is 0 Å². The van der Waals surface area contributed by atoms with Crippen LogP contribution in [0.1, 0.15) is 29.6 Å². The van der Waals surface area contributed by atoms with Crippen LogP contribution in [0.25, 0.3) is 0 Å². The predicted molar refractivity (Wildman–Crippen MR) is 121 cm³/mol. The molecule has 0 aromatic heterocycles. The van der Waals surface area contributed by atoms with Crippen LogP contribution >= 0.6 is 11.6 Å². The van der Waals surface area contributed by atoms with Crippen LogP contribution in [0.4, 0.5) is 5.69 Å². The molecule has 1 heterocycles. The first-order valence-electron chi connectivity index (χ1n) is 10.4. The number of hydrogen-bond acceptors (Lipinski definition) is 5. The highest BCUT2D eigenvalue weighted by molar-refractivity contribution is 6.30. The molecule has 7 nitrogen and oxygen atoms in total. The molecule has 1 saturated heterocycles. The molecule has 1 aliphatic rings. The van der Waals surface area contributed by atoms with Crippen molar-refractivity contribution in [2.45, 2.75) is 19.3 Å². The molecule has 0 atom stereocenters. The van der Waals surface area contributed by atoms with Crippen molar-refractivity contribution in [1.29, 1.82) is 0 Å². The van der Waals surface area contributed by atoms with E-state index in [0.717, 1.165) is 26.2 Å². The number of nitrogens with one attached hydrogen (secondary N) is 2. The van der Waals surface area contributed by atoms with E-state index >= 15 is 0 Å². The Labute approximate surface area is 187 Å². The first kappa shape index (κ1) is 22.8. The Kier molecular flexibility index (Phi) is 8.44. The Morgan fingerprint density at radius 3 is 2.03 bits per heavy atom. The Bertz CT molecular complexity index is 881. The Morgan fingerprint density at radius 2 is 1.39 bits per heavy atom. The highest BCUT2D eigenvalue weighted by atomic mass is 35.5. The molecule has 1 aliphatic heterocycles. The Balaban J connectivity index is 1.28. The number of para-hydroxylation sites is 1. The van der Waals surface area contributed by atoms with Gasteiger partial charge in [0, 0.05) is 68.3 Å². The van der Waals surface area contributed by atoms with E-state index in [-0.39, 0.29) is 24.5 Å². The van der Waals surface area contributed by atoms with Crippen LogP contribution in [-0.2, 0) is 9.59 Å². The minimum atomic E-state index is -0.396. The number of Topliss-reactive ketones (excluding diaryl/α,β-unsaturated/α-hetero) is 1. The molecule has 2 aromatic rings. The summed E-state index contributed by atoms with van der Waals surface area (Å²) in [7, 11) is 0. The van der Waals surface area contributed by atoms with Gasteiger partial charge in [0.15, 0.2) is 5.78 Å². The Hall–Kier alpha value is -2.90. The number of rotatable bonds is 8. The summed E-state index contributed by atoms with van der Waals surface area (Å²) in [6, 6.07) is 16.8. The van der Waals surface area contributed by atoms with Crippen molar-refractivity contribution in [3.8, 4) is 0 Å². The molecule has 2 aromatic carbocycles. The number of halogens is 1. The van der Waals surface area contributed by atoms with Crippen molar-refractivity contribution in [3.05, 3.63) is 65.2 Å². The molecule has 2 N–H and O–H groups in total. The van der Waals surface area contributed by atoms with E-state index in [1.165, 1.54) is 5.69 Å². The van der Waals surface area contributed by atoms with Crippen LogP contribution in [-0.4, -0.2) is 55.2 Å². The predicted octanol–water partition coefficient (Wildman–Crippen LogP) is 2.66. The standard InChI is InChI=1S/C23H27ClN4O3/c24-19-8-6-18(7-9-19)21(29)10-11-22(30)25-26-23(31)12-13-27-14-16-28(17-15-27)20-4-2-1-3-5-20/h1-9H,10-17H2,(H,25,30)(H,26,31). The van der Waals surface area contributed by atoms with E-state index in [2.05, 4.69) is 32.8 Å². The largest absolute Gasteiger partial charge is 0.369 e. The minimum Gasteiger partial charge on any atom is -0.369 e. The molecule has 0 unspecified atom stereocenters. The third-order valence-corrected chi connectivity index (χ3v) is 5.49. The average molecular weight is 443 g/mol. The Morgan fingerprint density at radius 1 is 0.774 bits per heavy atom. The first-order chi connectivity index (χ1) is 15.0. The molecule has 0 spiro atoms. The number of piperazine rings is 1. The molecule has 0 saturated carbocycles. The summed E-state index contributed by atoms with van der Waals surface area (Å²) in [5.74, 6) is -0.789. The molecule has 164 valence electrons. The van der Waals surface area contributed by atoms with Crippen LogP contribution in [0.5, 0.6) is 0 Å². The van der Waals surface area contributed by atoms with Gasteiger partial charge >= 0.3 is 0 Å². The van der Waals surface area contributed by atoms with Gasteiger partial charge in [-0.15, -0.1) is 0 Å². The summed E-state index contributed by atoms with van der Waals surface area (Å²) in [5.41, 5.74) is 6.53. The average Bonchev–Trinajstić information content (AvgIpc) is 2.81. The topological polar surface area (TPSA) is 81.8 Å². The molecule has 0 radical (unpaired) electrons. The van der Waals surface area contributed by atoms with E-state index in [1.54, 1.807) is 24.3 Å². The van der Waals surface area contributed by atoms with Crippen molar-refractivity contribution in [1.82, 2.24) is 15.8 Å². The zero-order valence-electron chi connectivity index (χ0n) is 17.4. The molecule has 31 heavy (non-hydrogen) atoms. The molecule has 0 aliphatic carbocycles. The van der Waals surface area contributed by atoms with Gasteiger partial charge < -0.3 is 4.90 Å². The number of nitrogens with zero attached hydrogens (tertiary/aromatic N) is 2. The second kappa shape index (κ2) is 11.5. The number of hydrogen-bond donors (Lipinski definition) is 2. The van der Waals surface area contributed by atoms with Gasteiger partial charge in [0.05, 0.1) is 0 Å². The second-order valence-corrected chi connectivity index (χ2v) is 7.88. The highest BCUT2D eigenvalue weighted by Gasteiger charge is 2.18. The SMILES string of the molecule is O=C(CCC(=O)c1ccc(Cl)cc1)NNC(=O)CCN1CCN(c2ccccc2)CC1. The van der Waals surface area contributed by atoms with E-state index in [0.29, 0.717) is 23.6 Å². The molecule has 8 heteroatoms. The molecular weight excluding hydrogens is 416 g/mol. The minimum absolute atomic E-state index is 0.00316. The third kappa shape index (κ3) is 7.38. The van der Waals surface area contributed by atoms with Gasteiger partial charge in [-0.25, -0.2) is 0 Å². The van der Waals surface area contributed by atoms with Crippen LogP contribution in [0.2, 0.25) is 5.02 Å². The fourth-order valence-electron chi connectivity index (χ4n) is 3.40. The summed E-state index contributed by atoms with van der Waals surface area (Å²) < 4.78 is 0. The highest BCUT2D eigenvalue weighted by Crippen LogP contribution is 2.15. The maximum Gasteiger partial charge on any atom is 0.239 e. The van der Waals surface area contributed by atoms with Crippen LogP contribution in [0.3, 0.4) is 0 Å². The summed E-state index contributed by atoms with van der Waals surface area (Å²) in [4.78, 5) is 40.6. The van der Waals surface area contributed by atoms with Gasteiger partial charge in [0.1, 0.15) is 0 Å². The van der Waals surface area contributed by atoms with Crippen molar-refractivity contribution in [3.63, 3.8) is 0 Å². The number of benzene rings is 2. The number of carbonyl (C=O) groups excluding carboxylic acids is 3.